The molecular formula is C19H25NO3. The van der Waals surface area contributed by atoms with Crippen molar-refractivity contribution in [1.29, 1.82) is 0 Å². The highest BCUT2D eigenvalue weighted by molar-refractivity contribution is 5.92. The molecule has 2 aliphatic carbocycles. The van der Waals surface area contributed by atoms with Gasteiger partial charge in [0.2, 0.25) is 0 Å². The van der Waals surface area contributed by atoms with Gasteiger partial charge in [-0.1, -0.05) is 12.5 Å². The molecule has 4 nitrogen and oxygen atoms in total. The summed E-state index contributed by atoms with van der Waals surface area (Å²) in [5.74, 6) is 1.49. The summed E-state index contributed by atoms with van der Waals surface area (Å²) < 4.78 is 5.16. The van der Waals surface area contributed by atoms with Crippen molar-refractivity contribution in [2.75, 3.05) is 11.9 Å². The van der Waals surface area contributed by atoms with E-state index in [1.807, 2.05) is 32.0 Å². The third-order valence-corrected chi connectivity index (χ3v) is 5.18. The molecular weight excluding hydrogens is 290 g/mol. The lowest BCUT2D eigenvalue weighted by Crippen LogP contribution is -2.23. The molecule has 0 radical (unpaired) electrons. The molecule has 124 valence electrons. The zero-order valence-corrected chi connectivity index (χ0v) is 13.9. The van der Waals surface area contributed by atoms with Crippen LogP contribution in [0.2, 0.25) is 0 Å². The third kappa shape index (κ3) is 4.12. The van der Waals surface area contributed by atoms with Gasteiger partial charge in [-0.05, 0) is 74.1 Å². The van der Waals surface area contributed by atoms with E-state index < -0.39 is 0 Å². The first-order chi connectivity index (χ1) is 11.0. The Hall–Kier alpha value is -1.84. The summed E-state index contributed by atoms with van der Waals surface area (Å²) >= 11 is 0. The number of carbonyl (C=O) groups is 2. The average Bonchev–Trinajstić information content (AvgIpc) is 3.06. The Morgan fingerprint density at radius 2 is 1.87 bits per heavy atom. The van der Waals surface area contributed by atoms with Crippen molar-refractivity contribution >= 4 is 17.6 Å². The Morgan fingerprint density at radius 1 is 1.13 bits per heavy atom. The van der Waals surface area contributed by atoms with Crippen LogP contribution in [-0.2, 0) is 14.3 Å². The van der Waals surface area contributed by atoms with E-state index in [0.29, 0.717) is 18.3 Å². The molecule has 0 saturated heterocycles. The first-order valence-corrected chi connectivity index (χ1v) is 8.53. The van der Waals surface area contributed by atoms with Crippen LogP contribution in [0.3, 0.4) is 0 Å². The molecule has 2 aliphatic rings. The summed E-state index contributed by atoms with van der Waals surface area (Å²) in [6.07, 6.45) is 5.50. The van der Waals surface area contributed by atoms with E-state index >= 15 is 0 Å². The highest BCUT2D eigenvalue weighted by Crippen LogP contribution is 2.49. The Balaban J connectivity index is 1.42. The summed E-state index contributed by atoms with van der Waals surface area (Å²) in [4.78, 5) is 23.9. The van der Waals surface area contributed by atoms with Crippen LogP contribution in [0, 0.1) is 31.6 Å². The van der Waals surface area contributed by atoms with Crippen LogP contribution < -0.4 is 5.32 Å². The number of benzene rings is 1. The Labute approximate surface area is 137 Å². The van der Waals surface area contributed by atoms with Gasteiger partial charge in [-0.2, -0.15) is 0 Å². The van der Waals surface area contributed by atoms with E-state index in [2.05, 4.69) is 5.32 Å². The lowest BCUT2D eigenvalue weighted by molar-refractivity contribution is -0.148. The van der Waals surface area contributed by atoms with Gasteiger partial charge in [0.25, 0.3) is 5.91 Å². The van der Waals surface area contributed by atoms with Crippen molar-refractivity contribution < 1.29 is 14.3 Å². The van der Waals surface area contributed by atoms with Crippen LogP contribution in [-0.4, -0.2) is 18.5 Å². The smallest absolute Gasteiger partial charge is 0.306 e. The Bertz CT molecular complexity index is 590. The number of hydrogen-bond donors (Lipinski definition) is 1. The maximum atomic E-state index is 11.9. The van der Waals surface area contributed by atoms with Gasteiger partial charge in [0, 0.05) is 12.1 Å². The Morgan fingerprint density at radius 3 is 2.48 bits per heavy atom. The van der Waals surface area contributed by atoms with Gasteiger partial charge in [0.1, 0.15) is 0 Å². The lowest BCUT2D eigenvalue weighted by atomic mass is 9.86. The number of hydrogen-bond acceptors (Lipinski definition) is 3. The number of ether oxygens (including phenoxy) is 1. The van der Waals surface area contributed by atoms with E-state index in [1.54, 1.807) is 0 Å². The summed E-state index contributed by atoms with van der Waals surface area (Å²) in [6.45, 7) is 3.77. The van der Waals surface area contributed by atoms with Crippen molar-refractivity contribution in [1.82, 2.24) is 0 Å². The molecule has 0 aliphatic heterocycles. The fourth-order valence-electron chi connectivity index (χ4n) is 4.29. The predicted octanol–water partition coefficient (Wildman–Crippen LogP) is 3.61. The fraction of sp³-hybridized carbons (Fsp3) is 0.579. The molecule has 3 atom stereocenters. The number of nitrogens with one attached hydrogen (secondary N) is 1. The van der Waals surface area contributed by atoms with Crippen LogP contribution in [0.5, 0.6) is 0 Å². The minimum Gasteiger partial charge on any atom is -0.456 e. The molecule has 1 N–H and O–H groups in total. The molecule has 2 fully saturated rings. The van der Waals surface area contributed by atoms with E-state index in [0.717, 1.165) is 29.2 Å². The van der Waals surface area contributed by atoms with Crippen molar-refractivity contribution in [3.63, 3.8) is 0 Å². The second-order valence-corrected chi connectivity index (χ2v) is 7.22. The van der Waals surface area contributed by atoms with Crippen LogP contribution >= 0.6 is 0 Å². The lowest BCUT2D eigenvalue weighted by Gasteiger charge is -2.20. The Kier molecular flexibility index (Phi) is 4.69. The van der Waals surface area contributed by atoms with Gasteiger partial charge in [-0.25, -0.2) is 0 Å². The standard InChI is InChI=1S/C19H25NO3/c1-12-5-13(2)7-17(6-12)20-18(21)11-23-19(22)10-16-9-14-3-4-15(16)8-14/h5-7,14-16H,3-4,8-11H2,1-2H3,(H,20,21). The molecule has 1 aromatic rings. The van der Waals surface area contributed by atoms with Gasteiger partial charge >= 0.3 is 5.97 Å². The van der Waals surface area contributed by atoms with Gasteiger partial charge in [0.05, 0.1) is 0 Å². The van der Waals surface area contributed by atoms with Gasteiger partial charge < -0.3 is 10.1 Å². The number of rotatable bonds is 5. The van der Waals surface area contributed by atoms with Crippen molar-refractivity contribution in [3.05, 3.63) is 29.3 Å². The molecule has 2 bridgehead atoms. The molecule has 0 spiro atoms. The molecule has 23 heavy (non-hydrogen) atoms. The minimum absolute atomic E-state index is 0.202. The van der Waals surface area contributed by atoms with Gasteiger partial charge in [-0.15, -0.1) is 0 Å². The number of anilines is 1. The zero-order valence-electron chi connectivity index (χ0n) is 13.9. The number of esters is 1. The van der Waals surface area contributed by atoms with Crippen molar-refractivity contribution in [2.45, 2.75) is 46.0 Å². The zero-order chi connectivity index (χ0) is 16.4. The fourth-order valence-corrected chi connectivity index (χ4v) is 4.29. The van der Waals surface area contributed by atoms with Crippen molar-refractivity contribution in [3.8, 4) is 0 Å². The number of aryl methyl sites for hydroxylation is 2. The largest absolute Gasteiger partial charge is 0.456 e. The van der Waals surface area contributed by atoms with Crippen LogP contribution in [0.4, 0.5) is 5.69 Å². The first kappa shape index (κ1) is 16.0. The first-order valence-electron chi connectivity index (χ1n) is 8.53. The number of carbonyl (C=O) groups excluding carboxylic acids is 2. The molecule has 1 amide bonds. The third-order valence-electron chi connectivity index (χ3n) is 5.18. The highest BCUT2D eigenvalue weighted by Gasteiger charge is 2.40. The SMILES string of the molecule is Cc1cc(C)cc(NC(=O)COC(=O)CC2CC3CCC2C3)c1. The van der Waals surface area contributed by atoms with Crippen LogP contribution in [0.15, 0.2) is 18.2 Å². The van der Waals surface area contributed by atoms with E-state index in [4.69, 9.17) is 4.74 Å². The van der Waals surface area contributed by atoms with Gasteiger partial charge in [0.15, 0.2) is 6.61 Å². The number of fused-ring (bicyclic) bond motifs is 2. The molecule has 1 aromatic carbocycles. The molecule has 3 rings (SSSR count). The van der Waals surface area contributed by atoms with E-state index in [-0.39, 0.29) is 18.5 Å². The molecule has 2 saturated carbocycles. The maximum absolute atomic E-state index is 11.9. The minimum atomic E-state index is -0.281. The maximum Gasteiger partial charge on any atom is 0.306 e. The second-order valence-electron chi connectivity index (χ2n) is 7.22. The topological polar surface area (TPSA) is 55.4 Å². The summed E-state index contributed by atoms with van der Waals surface area (Å²) in [5, 5.41) is 2.78. The summed E-state index contributed by atoms with van der Waals surface area (Å²) in [5.41, 5.74) is 2.93. The molecule has 3 unspecified atom stereocenters. The predicted molar refractivity (Wildman–Crippen MR) is 89.1 cm³/mol. The quantitative estimate of drug-likeness (QED) is 0.845. The second kappa shape index (κ2) is 6.73. The number of amides is 1. The average molecular weight is 315 g/mol. The van der Waals surface area contributed by atoms with Gasteiger partial charge in [-0.3, -0.25) is 9.59 Å². The summed E-state index contributed by atoms with van der Waals surface area (Å²) in [7, 11) is 0. The molecule has 4 heteroatoms. The summed E-state index contributed by atoms with van der Waals surface area (Å²) in [6, 6.07) is 5.86. The van der Waals surface area contributed by atoms with E-state index in [9.17, 15) is 9.59 Å². The van der Waals surface area contributed by atoms with Crippen LogP contribution in [0.1, 0.15) is 43.2 Å². The highest BCUT2D eigenvalue weighted by atomic mass is 16.5. The van der Waals surface area contributed by atoms with Crippen LogP contribution in [0.25, 0.3) is 0 Å². The van der Waals surface area contributed by atoms with E-state index in [1.165, 1.54) is 19.3 Å². The molecule has 0 heterocycles. The molecule has 0 aromatic heterocycles. The normalized spacial score (nSPS) is 25.4. The van der Waals surface area contributed by atoms with Crippen molar-refractivity contribution in [2.24, 2.45) is 17.8 Å². The monoisotopic (exact) mass is 315 g/mol.